The van der Waals surface area contributed by atoms with Gasteiger partial charge in [0.2, 0.25) is 0 Å². The van der Waals surface area contributed by atoms with Gasteiger partial charge in [-0.05, 0) is 40.6 Å². The Bertz CT molecular complexity index is 442. The SMILES string of the molecule is C/C(=C\CBr)COc1c(Br)cc(Br)cc1C=O. The molecular weight excluding hydrogens is 416 g/mol. The van der Waals surface area contributed by atoms with Crippen LogP contribution in [0.5, 0.6) is 5.75 Å². The Morgan fingerprint density at radius 1 is 1.41 bits per heavy atom. The van der Waals surface area contributed by atoms with Crippen molar-refractivity contribution in [2.75, 3.05) is 11.9 Å². The molecule has 5 heteroatoms. The summed E-state index contributed by atoms with van der Waals surface area (Å²) in [7, 11) is 0. The summed E-state index contributed by atoms with van der Waals surface area (Å²) in [6.45, 7) is 2.45. The van der Waals surface area contributed by atoms with Crippen LogP contribution in [0.3, 0.4) is 0 Å². The second-order valence-electron chi connectivity index (χ2n) is 3.42. The number of carbonyl (C=O) groups is 1. The minimum absolute atomic E-state index is 0.465. The van der Waals surface area contributed by atoms with Crippen LogP contribution in [0.2, 0.25) is 0 Å². The molecule has 0 unspecified atom stereocenters. The second kappa shape index (κ2) is 7.34. The summed E-state index contributed by atoms with van der Waals surface area (Å²) in [5.74, 6) is 0.575. The normalized spacial score (nSPS) is 11.4. The molecule has 0 fully saturated rings. The molecule has 0 heterocycles. The summed E-state index contributed by atoms with van der Waals surface area (Å²) in [6.07, 6.45) is 2.81. The third-order valence-electron chi connectivity index (χ3n) is 2.03. The van der Waals surface area contributed by atoms with E-state index in [0.29, 0.717) is 17.9 Å². The van der Waals surface area contributed by atoms with Crippen molar-refractivity contribution >= 4 is 54.1 Å². The van der Waals surface area contributed by atoms with E-state index < -0.39 is 0 Å². The topological polar surface area (TPSA) is 26.3 Å². The van der Waals surface area contributed by atoms with Gasteiger partial charge in [-0.25, -0.2) is 0 Å². The van der Waals surface area contributed by atoms with Crippen LogP contribution in [0, 0.1) is 0 Å². The first-order valence-corrected chi connectivity index (χ1v) is 7.58. The van der Waals surface area contributed by atoms with E-state index in [4.69, 9.17) is 4.74 Å². The van der Waals surface area contributed by atoms with Crippen LogP contribution in [0.25, 0.3) is 0 Å². The first-order chi connectivity index (χ1) is 8.08. The lowest BCUT2D eigenvalue weighted by atomic mass is 10.2. The van der Waals surface area contributed by atoms with Crippen LogP contribution in [0.4, 0.5) is 0 Å². The fourth-order valence-electron chi connectivity index (χ4n) is 1.20. The monoisotopic (exact) mass is 424 g/mol. The highest BCUT2D eigenvalue weighted by molar-refractivity contribution is 9.11. The van der Waals surface area contributed by atoms with E-state index in [0.717, 1.165) is 26.1 Å². The molecule has 0 aliphatic heterocycles. The zero-order chi connectivity index (χ0) is 12.8. The van der Waals surface area contributed by atoms with Crippen molar-refractivity contribution in [3.05, 3.63) is 38.3 Å². The number of hydrogen-bond donors (Lipinski definition) is 0. The number of benzene rings is 1. The molecule has 0 aromatic heterocycles. The Labute approximate surface area is 126 Å². The van der Waals surface area contributed by atoms with Crippen LogP contribution in [0.15, 0.2) is 32.7 Å². The summed E-state index contributed by atoms with van der Waals surface area (Å²) in [4.78, 5) is 11.0. The minimum Gasteiger partial charge on any atom is -0.487 e. The lowest BCUT2D eigenvalue weighted by Crippen LogP contribution is -2.02. The molecule has 1 aromatic rings. The zero-order valence-electron chi connectivity index (χ0n) is 9.17. The van der Waals surface area contributed by atoms with Crippen molar-refractivity contribution in [2.45, 2.75) is 6.92 Å². The van der Waals surface area contributed by atoms with E-state index in [9.17, 15) is 4.79 Å². The number of ether oxygens (including phenoxy) is 1. The van der Waals surface area contributed by atoms with E-state index in [1.807, 2.05) is 19.1 Å². The average Bonchev–Trinajstić information content (AvgIpc) is 2.27. The zero-order valence-corrected chi connectivity index (χ0v) is 13.9. The van der Waals surface area contributed by atoms with Crippen molar-refractivity contribution in [3.63, 3.8) is 0 Å². The Balaban J connectivity index is 2.90. The minimum atomic E-state index is 0.465. The number of hydrogen-bond acceptors (Lipinski definition) is 2. The molecule has 2 nitrogen and oxygen atoms in total. The molecule has 0 aliphatic carbocycles. The molecule has 0 spiro atoms. The molecule has 92 valence electrons. The van der Waals surface area contributed by atoms with Crippen LogP contribution in [-0.2, 0) is 0 Å². The van der Waals surface area contributed by atoms with Crippen LogP contribution >= 0.6 is 47.8 Å². The molecule has 0 N–H and O–H groups in total. The van der Waals surface area contributed by atoms with Gasteiger partial charge in [-0.1, -0.05) is 37.9 Å². The molecule has 0 aliphatic rings. The van der Waals surface area contributed by atoms with Crippen molar-refractivity contribution in [1.82, 2.24) is 0 Å². The van der Waals surface area contributed by atoms with Crippen molar-refractivity contribution in [3.8, 4) is 5.75 Å². The first kappa shape index (κ1) is 14.9. The number of rotatable bonds is 5. The van der Waals surface area contributed by atoms with Crippen molar-refractivity contribution < 1.29 is 9.53 Å². The molecule has 1 aromatic carbocycles. The average molecular weight is 427 g/mol. The van der Waals surface area contributed by atoms with Crippen LogP contribution < -0.4 is 4.74 Å². The summed E-state index contributed by atoms with van der Waals surface area (Å²) >= 11 is 10.0. The third-order valence-corrected chi connectivity index (χ3v) is 3.40. The van der Waals surface area contributed by atoms with Gasteiger partial charge in [-0.3, -0.25) is 4.79 Å². The van der Waals surface area contributed by atoms with E-state index in [1.165, 1.54) is 0 Å². The van der Waals surface area contributed by atoms with E-state index in [-0.39, 0.29) is 0 Å². The van der Waals surface area contributed by atoms with Gasteiger partial charge >= 0.3 is 0 Å². The fourth-order valence-corrected chi connectivity index (χ4v) is 3.12. The van der Waals surface area contributed by atoms with Crippen molar-refractivity contribution in [2.24, 2.45) is 0 Å². The fraction of sp³-hybridized carbons (Fsp3) is 0.250. The maximum atomic E-state index is 11.0. The Morgan fingerprint density at radius 3 is 2.71 bits per heavy atom. The summed E-state index contributed by atoms with van der Waals surface area (Å²) < 4.78 is 7.24. The third kappa shape index (κ3) is 4.56. The Morgan fingerprint density at radius 2 is 2.12 bits per heavy atom. The van der Waals surface area contributed by atoms with Gasteiger partial charge < -0.3 is 4.74 Å². The number of allylic oxidation sites excluding steroid dienone is 1. The smallest absolute Gasteiger partial charge is 0.153 e. The quantitative estimate of drug-likeness (QED) is 0.386. The summed E-state index contributed by atoms with van der Waals surface area (Å²) in [6, 6.07) is 3.59. The lowest BCUT2D eigenvalue weighted by Gasteiger charge is -2.11. The molecule has 0 saturated heterocycles. The predicted molar refractivity (Wildman–Crippen MR) is 80.3 cm³/mol. The molecule has 0 radical (unpaired) electrons. The molecule has 17 heavy (non-hydrogen) atoms. The maximum Gasteiger partial charge on any atom is 0.153 e. The predicted octanol–water partition coefficient (Wildman–Crippen LogP) is 4.74. The highest BCUT2D eigenvalue weighted by Crippen LogP contribution is 2.32. The van der Waals surface area contributed by atoms with Crippen LogP contribution in [0.1, 0.15) is 17.3 Å². The summed E-state index contributed by atoms with van der Waals surface area (Å²) in [5, 5.41) is 0.796. The Kier molecular flexibility index (Phi) is 6.44. The van der Waals surface area contributed by atoms with Gasteiger partial charge in [-0.15, -0.1) is 0 Å². The number of aldehydes is 1. The molecular formula is C12H11Br3O2. The van der Waals surface area contributed by atoms with E-state index >= 15 is 0 Å². The molecule has 0 amide bonds. The highest BCUT2D eigenvalue weighted by Gasteiger charge is 2.09. The van der Waals surface area contributed by atoms with Crippen LogP contribution in [-0.4, -0.2) is 18.2 Å². The van der Waals surface area contributed by atoms with Gasteiger partial charge in [0.25, 0.3) is 0 Å². The Hall–Kier alpha value is -0.130. The van der Waals surface area contributed by atoms with Gasteiger partial charge in [0.1, 0.15) is 12.4 Å². The largest absolute Gasteiger partial charge is 0.487 e. The molecule has 0 saturated carbocycles. The maximum absolute atomic E-state index is 11.0. The number of carbonyl (C=O) groups excluding carboxylic acids is 1. The molecule has 0 bridgehead atoms. The van der Waals surface area contributed by atoms with Gasteiger partial charge in [0.05, 0.1) is 10.0 Å². The lowest BCUT2D eigenvalue weighted by molar-refractivity contribution is 0.111. The highest BCUT2D eigenvalue weighted by atomic mass is 79.9. The van der Waals surface area contributed by atoms with Crippen molar-refractivity contribution in [1.29, 1.82) is 0 Å². The van der Waals surface area contributed by atoms with E-state index in [2.05, 4.69) is 47.8 Å². The second-order valence-corrected chi connectivity index (χ2v) is 5.83. The molecule has 1 rings (SSSR count). The number of halogens is 3. The standard InChI is InChI=1S/C12H11Br3O2/c1-8(2-3-13)7-17-12-9(6-16)4-10(14)5-11(12)15/h2,4-6H,3,7H2,1H3/b8-2+. The van der Waals surface area contributed by atoms with Gasteiger partial charge in [-0.2, -0.15) is 0 Å². The molecule has 0 atom stereocenters. The summed E-state index contributed by atoms with van der Waals surface area (Å²) in [5.41, 5.74) is 1.63. The first-order valence-electron chi connectivity index (χ1n) is 4.87. The van der Waals surface area contributed by atoms with E-state index in [1.54, 1.807) is 6.07 Å². The number of alkyl halides is 1. The van der Waals surface area contributed by atoms with Gasteiger partial charge in [0.15, 0.2) is 6.29 Å². The van der Waals surface area contributed by atoms with Gasteiger partial charge in [0, 0.05) is 9.80 Å².